The van der Waals surface area contributed by atoms with E-state index in [1.165, 1.54) is 44.1 Å². The van der Waals surface area contributed by atoms with Crippen molar-refractivity contribution >= 4 is 38.9 Å². The van der Waals surface area contributed by atoms with Crippen LogP contribution in [0.5, 0.6) is 0 Å². The van der Waals surface area contributed by atoms with Crippen molar-refractivity contribution in [2.75, 3.05) is 6.54 Å². The molecule has 1 atom stereocenters. The third-order valence-corrected chi connectivity index (χ3v) is 6.88. The Bertz CT molecular complexity index is 1350. The van der Waals surface area contributed by atoms with Crippen molar-refractivity contribution in [3.63, 3.8) is 0 Å². The maximum atomic E-state index is 11.5. The second-order valence-corrected chi connectivity index (χ2v) is 8.69. The van der Waals surface area contributed by atoms with Crippen molar-refractivity contribution < 1.29 is 14.5 Å². The quantitative estimate of drug-likeness (QED) is 0.321. The number of rotatable bonds is 5. The lowest BCUT2D eigenvalue weighted by molar-refractivity contribution is -0.436. The van der Waals surface area contributed by atoms with Gasteiger partial charge in [-0.25, -0.2) is 0 Å². The van der Waals surface area contributed by atoms with Crippen LogP contribution in [0.2, 0.25) is 0 Å². The fourth-order valence-electron chi connectivity index (χ4n) is 5.32. The highest BCUT2D eigenvalue weighted by atomic mass is 16.4. The Kier molecular flexibility index (Phi) is 4.62. The third-order valence-electron chi connectivity index (χ3n) is 6.88. The molecule has 31 heavy (non-hydrogen) atoms. The van der Waals surface area contributed by atoms with E-state index >= 15 is 0 Å². The van der Waals surface area contributed by atoms with Crippen LogP contribution in [0.15, 0.2) is 78.9 Å². The molecule has 3 nitrogen and oxygen atoms in total. The van der Waals surface area contributed by atoms with E-state index in [0.717, 1.165) is 6.42 Å². The smallest absolute Gasteiger partial charge is 0.309 e. The first-order chi connectivity index (χ1) is 15.0. The number of carboxylic acid groups (broad SMARTS) is 1. The molecule has 0 radical (unpaired) electrons. The molecule has 0 spiro atoms. The van der Waals surface area contributed by atoms with Crippen LogP contribution in [0.3, 0.4) is 0 Å². The van der Waals surface area contributed by atoms with Gasteiger partial charge in [0, 0.05) is 12.5 Å². The molecular weight excluding hydrogens is 382 g/mol. The van der Waals surface area contributed by atoms with Gasteiger partial charge in [0.2, 0.25) is 5.69 Å². The van der Waals surface area contributed by atoms with Gasteiger partial charge in [-0.1, -0.05) is 72.8 Å². The number of carboxylic acids is 1. The molecule has 1 heterocycles. The van der Waals surface area contributed by atoms with Crippen molar-refractivity contribution in [3.8, 4) is 0 Å². The minimum absolute atomic E-state index is 0.110. The molecule has 0 fully saturated rings. The highest BCUT2D eigenvalue weighted by Gasteiger charge is 2.48. The maximum absolute atomic E-state index is 11.5. The molecule has 4 aromatic rings. The van der Waals surface area contributed by atoms with E-state index in [1.807, 2.05) is 6.07 Å². The van der Waals surface area contributed by atoms with Gasteiger partial charge in [-0.15, -0.1) is 0 Å². The summed E-state index contributed by atoms with van der Waals surface area (Å²) in [6.07, 6.45) is 0.984. The zero-order valence-electron chi connectivity index (χ0n) is 17.9. The van der Waals surface area contributed by atoms with E-state index < -0.39 is 5.97 Å². The number of hydrogen-bond donors (Lipinski definition) is 1. The van der Waals surface area contributed by atoms with E-state index in [1.54, 1.807) is 0 Å². The highest BCUT2D eigenvalue weighted by molar-refractivity contribution is 6.17. The first kappa shape index (κ1) is 19.5. The minimum atomic E-state index is -0.767. The summed E-state index contributed by atoms with van der Waals surface area (Å²) in [5, 5.41) is 14.3. The van der Waals surface area contributed by atoms with Crippen molar-refractivity contribution in [1.29, 1.82) is 0 Å². The summed E-state index contributed by atoms with van der Waals surface area (Å²) in [4.78, 5) is 11.5. The molecule has 1 N–H and O–H groups in total. The fraction of sp³-hybridized carbons (Fsp3) is 0.214. The Labute approximate surface area is 182 Å². The van der Waals surface area contributed by atoms with Gasteiger partial charge >= 0.3 is 5.97 Å². The van der Waals surface area contributed by atoms with Gasteiger partial charge < -0.3 is 5.11 Å². The van der Waals surface area contributed by atoms with Gasteiger partial charge in [0.25, 0.3) is 0 Å². The van der Waals surface area contributed by atoms with E-state index in [4.69, 9.17) is 0 Å². The summed E-state index contributed by atoms with van der Waals surface area (Å²) in [6.45, 7) is 4.96. The summed E-state index contributed by atoms with van der Waals surface area (Å²) in [7, 11) is 0. The van der Waals surface area contributed by atoms with E-state index in [2.05, 4.69) is 91.2 Å². The molecule has 1 aliphatic rings. The second kappa shape index (κ2) is 7.35. The predicted molar refractivity (Wildman–Crippen MR) is 127 cm³/mol. The zero-order valence-corrected chi connectivity index (χ0v) is 17.9. The zero-order chi connectivity index (χ0) is 21.6. The first-order valence-corrected chi connectivity index (χ1v) is 10.8. The lowest BCUT2D eigenvalue weighted by Crippen LogP contribution is -2.33. The maximum Gasteiger partial charge on any atom is 0.309 e. The molecule has 0 aromatic heterocycles. The van der Waals surface area contributed by atoms with Gasteiger partial charge in [-0.3, -0.25) is 4.79 Å². The van der Waals surface area contributed by atoms with Gasteiger partial charge in [0.05, 0.1) is 10.8 Å². The Morgan fingerprint density at radius 1 is 0.839 bits per heavy atom. The van der Waals surface area contributed by atoms with Crippen LogP contribution in [-0.2, 0) is 16.6 Å². The average molecular weight is 409 g/mol. The first-order valence-electron chi connectivity index (χ1n) is 10.8. The molecule has 5 rings (SSSR count). The summed E-state index contributed by atoms with van der Waals surface area (Å²) in [5.41, 5.74) is 4.76. The molecular formula is C28H26NO2+. The Balaban J connectivity index is 1.86. The Hall–Kier alpha value is -3.46. The normalized spacial score (nSPS) is 18.0. The van der Waals surface area contributed by atoms with E-state index in [0.29, 0.717) is 6.54 Å². The van der Waals surface area contributed by atoms with Crippen molar-refractivity contribution in [2.24, 2.45) is 0 Å². The molecule has 154 valence electrons. The van der Waals surface area contributed by atoms with Crippen LogP contribution >= 0.6 is 0 Å². The molecule has 0 aliphatic carbocycles. The predicted octanol–water partition coefficient (Wildman–Crippen LogP) is 6.09. The summed E-state index contributed by atoms with van der Waals surface area (Å²) >= 11 is 0. The van der Waals surface area contributed by atoms with Crippen molar-refractivity contribution in [1.82, 2.24) is 0 Å². The summed E-state index contributed by atoms with van der Waals surface area (Å²) in [6, 6.07) is 27.7. The number of hydrogen-bond acceptors (Lipinski definition) is 1. The van der Waals surface area contributed by atoms with Crippen molar-refractivity contribution in [3.05, 3.63) is 90.0 Å². The molecule has 0 saturated heterocycles. The van der Waals surface area contributed by atoms with Crippen LogP contribution in [-0.4, -0.2) is 27.9 Å². The summed E-state index contributed by atoms with van der Waals surface area (Å²) < 4.78 is 2.27. The standard InChI is InChI=1S/C28H25NO2/c1-19-28(2,18-20-10-4-3-5-11-20)26-23-14-8-6-12-21(23)22-13-7-9-15-24(22)27(26)29(19)17-16-25(30)31/h3-15H,16-18H2,1-2H3/p+1. The minimum Gasteiger partial charge on any atom is -0.481 e. The number of carbonyl (C=O) groups is 1. The highest BCUT2D eigenvalue weighted by Crippen LogP contribution is 2.50. The van der Waals surface area contributed by atoms with Crippen molar-refractivity contribution in [2.45, 2.75) is 32.1 Å². The fourth-order valence-corrected chi connectivity index (χ4v) is 5.32. The van der Waals surface area contributed by atoms with Crippen LogP contribution in [0.1, 0.15) is 31.4 Å². The number of benzene rings is 4. The molecule has 1 aliphatic heterocycles. The second-order valence-electron chi connectivity index (χ2n) is 8.69. The van der Waals surface area contributed by atoms with Crippen LogP contribution in [0, 0.1) is 0 Å². The number of aliphatic carboxylic acids is 1. The molecule has 4 aromatic carbocycles. The molecule has 1 unspecified atom stereocenters. The monoisotopic (exact) mass is 408 g/mol. The van der Waals surface area contributed by atoms with Crippen LogP contribution in [0.25, 0.3) is 21.5 Å². The van der Waals surface area contributed by atoms with Gasteiger partial charge in [0.1, 0.15) is 6.42 Å². The van der Waals surface area contributed by atoms with Gasteiger partial charge in [0.15, 0.2) is 12.3 Å². The summed E-state index contributed by atoms with van der Waals surface area (Å²) in [5.74, 6) is -0.767. The SMILES string of the molecule is CC1=[N+](CCC(=O)O)c2c(c3ccccc3c3ccccc23)C1(C)Cc1ccccc1. The lowest BCUT2D eigenvalue weighted by Gasteiger charge is -2.24. The third kappa shape index (κ3) is 3.04. The van der Waals surface area contributed by atoms with Gasteiger partial charge in [-0.2, -0.15) is 4.58 Å². The topological polar surface area (TPSA) is 40.3 Å². The lowest BCUT2D eigenvalue weighted by atomic mass is 9.73. The molecule has 0 amide bonds. The Morgan fingerprint density at radius 2 is 1.39 bits per heavy atom. The Morgan fingerprint density at radius 3 is 2.03 bits per heavy atom. The number of nitrogens with zero attached hydrogens (tertiary/aromatic N) is 1. The number of fused-ring (bicyclic) bond motifs is 6. The van der Waals surface area contributed by atoms with E-state index in [-0.39, 0.29) is 11.8 Å². The van der Waals surface area contributed by atoms with Gasteiger partial charge in [-0.05, 0) is 41.1 Å². The average Bonchev–Trinajstić information content (AvgIpc) is 3.00. The van der Waals surface area contributed by atoms with Crippen LogP contribution in [0.4, 0.5) is 5.69 Å². The molecule has 0 bridgehead atoms. The molecule has 3 heteroatoms. The van der Waals surface area contributed by atoms with Crippen LogP contribution < -0.4 is 0 Å². The largest absolute Gasteiger partial charge is 0.481 e. The molecule has 0 saturated carbocycles. The van der Waals surface area contributed by atoms with E-state index in [9.17, 15) is 9.90 Å².